The van der Waals surface area contributed by atoms with Gasteiger partial charge in [0.15, 0.2) is 0 Å². The first-order valence-electron chi connectivity index (χ1n) is 4.47. The molecule has 2 aromatic rings. The Labute approximate surface area is 101 Å². The molecule has 0 N–H and O–H groups in total. The third-order valence-corrected chi connectivity index (χ3v) is 1.79. The fraction of sp³-hybridized carbons (Fsp3) is 0. The number of azo groups is 1. The van der Waals surface area contributed by atoms with Crippen LogP contribution in [0.5, 0.6) is 0 Å². The van der Waals surface area contributed by atoms with Crippen LogP contribution in [0.15, 0.2) is 70.9 Å². The molecular weight excluding hydrogens is 179 g/mol. The topological polar surface area (TPSA) is 24.7 Å². The molecule has 0 atom stereocenters. The number of hydrogen-bond donors (Lipinski definition) is 0. The summed E-state index contributed by atoms with van der Waals surface area (Å²) in [6.45, 7) is 0. The Morgan fingerprint density at radius 2 is 0.867 bits per heavy atom. The van der Waals surface area contributed by atoms with E-state index in [2.05, 4.69) is 10.2 Å². The average molecular weight is 190 g/mol. The third kappa shape index (κ3) is 3.71. The molecule has 0 aliphatic rings. The van der Waals surface area contributed by atoms with Crippen molar-refractivity contribution in [1.29, 1.82) is 0 Å². The van der Waals surface area contributed by atoms with Crippen molar-refractivity contribution in [2.24, 2.45) is 10.2 Å². The van der Waals surface area contributed by atoms with Crippen LogP contribution in [0.1, 0.15) is 0 Å². The van der Waals surface area contributed by atoms with Crippen LogP contribution in [0.4, 0.5) is 11.4 Å². The van der Waals surface area contributed by atoms with Crippen molar-refractivity contribution in [2.75, 3.05) is 0 Å². The smallest absolute Gasteiger partial charge is 0.0857 e. The SMILES string of the molecule is [LiH].c1ccc(N=Nc2ccccc2)cc1. The van der Waals surface area contributed by atoms with E-state index in [-0.39, 0.29) is 18.9 Å². The molecule has 2 nitrogen and oxygen atoms in total. The minimum atomic E-state index is 0. The standard InChI is InChI=1S/C12H10N2.Li.H/c1-3-7-11(8-4-1)13-14-12-9-5-2-6-10-12;;/h1-10H;;. The fourth-order valence-corrected chi connectivity index (χ4v) is 1.10. The summed E-state index contributed by atoms with van der Waals surface area (Å²) in [4.78, 5) is 0. The molecule has 3 heteroatoms. The Bertz CT molecular complexity index is 371. The molecule has 0 radical (unpaired) electrons. The van der Waals surface area contributed by atoms with Crippen molar-refractivity contribution >= 4 is 30.2 Å². The second-order valence-electron chi connectivity index (χ2n) is 2.87. The molecule has 0 aliphatic carbocycles. The molecule has 2 aromatic carbocycles. The van der Waals surface area contributed by atoms with E-state index in [0.29, 0.717) is 0 Å². The largest absolute Gasteiger partial charge is 0.151 e. The molecule has 0 saturated carbocycles. The van der Waals surface area contributed by atoms with Crippen LogP contribution in [-0.4, -0.2) is 18.9 Å². The van der Waals surface area contributed by atoms with Crippen molar-refractivity contribution in [1.82, 2.24) is 0 Å². The van der Waals surface area contributed by atoms with Gasteiger partial charge in [0.2, 0.25) is 0 Å². The Morgan fingerprint density at radius 1 is 0.533 bits per heavy atom. The molecule has 0 unspecified atom stereocenters. The Morgan fingerprint density at radius 3 is 1.20 bits per heavy atom. The van der Waals surface area contributed by atoms with E-state index in [4.69, 9.17) is 0 Å². The number of hydrogen-bond acceptors (Lipinski definition) is 2. The predicted octanol–water partition coefficient (Wildman–Crippen LogP) is 3.45. The van der Waals surface area contributed by atoms with Crippen LogP contribution in [-0.2, 0) is 0 Å². The van der Waals surface area contributed by atoms with Gasteiger partial charge in [0.25, 0.3) is 0 Å². The molecular formula is C12H11LiN2. The minimum absolute atomic E-state index is 0. The number of rotatable bonds is 2. The predicted molar refractivity (Wildman–Crippen MR) is 64.2 cm³/mol. The van der Waals surface area contributed by atoms with Gasteiger partial charge >= 0.3 is 18.9 Å². The molecule has 70 valence electrons. The Kier molecular flexibility index (Phi) is 4.83. The van der Waals surface area contributed by atoms with Gasteiger partial charge in [-0.05, 0) is 24.3 Å². The van der Waals surface area contributed by atoms with Gasteiger partial charge in [0.1, 0.15) is 0 Å². The van der Waals surface area contributed by atoms with Crippen LogP contribution >= 0.6 is 0 Å². The van der Waals surface area contributed by atoms with Gasteiger partial charge in [-0.3, -0.25) is 0 Å². The zero-order valence-electron chi connectivity index (χ0n) is 7.67. The van der Waals surface area contributed by atoms with Crippen molar-refractivity contribution in [2.45, 2.75) is 0 Å². The summed E-state index contributed by atoms with van der Waals surface area (Å²) in [5.41, 5.74) is 1.74. The van der Waals surface area contributed by atoms with Crippen molar-refractivity contribution < 1.29 is 0 Å². The van der Waals surface area contributed by atoms with E-state index in [1.807, 2.05) is 60.7 Å². The molecule has 2 rings (SSSR count). The van der Waals surface area contributed by atoms with Gasteiger partial charge in [-0.1, -0.05) is 36.4 Å². The van der Waals surface area contributed by atoms with Gasteiger partial charge in [-0.15, -0.1) is 0 Å². The summed E-state index contributed by atoms with van der Waals surface area (Å²) in [6, 6.07) is 19.4. The van der Waals surface area contributed by atoms with Crippen LogP contribution < -0.4 is 0 Å². The summed E-state index contributed by atoms with van der Waals surface area (Å²) >= 11 is 0. The second-order valence-corrected chi connectivity index (χ2v) is 2.87. The summed E-state index contributed by atoms with van der Waals surface area (Å²) in [5, 5.41) is 8.20. The van der Waals surface area contributed by atoms with Crippen molar-refractivity contribution in [3.8, 4) is 0 Å². The monoisotopic (exact) mass is 190 g/mol. The first-order chi connectivity index (χ1) is 6.95. The molecule has 0 aromatic heterocycles. The fourth-order valence-electron chi connectivity index (χ4n) is 1.10. The second kappa shape index (κ2) is 6.18. The number of benzene rings is 2. The normalized spacial score (nSPS) is 9.87. The molecule has 0 heterocycles. The minimum Gasteiger partial charge on any atom is -0.151 e. The van der Waals surface area contributed by atoms with Crippen molar-refractivity contribution in [3.05, 3.63) is 60.7 Å². The molecule has 15 heavy (non-hydrogen) atoms. The molecule has 0 bridgehead atoms. The molecule has 0 saturated heterocycles. The van der Waals surface area contributed by atoms with E-state index < -0.39 is 0 Å². The zero-order chi connectivity index (χ0) is 9.64. The third-order valence-electron chi connectivity index (χ3n) is 1.79. The first-order valence-corrected chi connectivity index (χ1v) is 4.47. The van der Waals surface area contributed by atoms with E-state index in [0.717, 1.165) is 11.4 Å². The maximum atomic E-state index is 4.10. The van der Waals surface area contributed by atoms with Gasteiger partial charge in [0.05, 0.1) is 11.4 Å². The maximum Gasteiger partial charge on any atom is 0.0857 e. The van der Waals surface area contributed by atoms with E-state index in [1.54, 1.807) is 0 Å². The average Bonchev–Trinajstić information content (AvgIpc) is 2.29. The molecule has 0 fully saturated rings. The van der Waals surface area contributed by atoms with Crippen molar-refractivity contribution in [3.63, 3.8) is 0 Å². The van der Waals surface area contributed by atoms with Gasteiger partial charge in [0, 0.05) is 0 Å². The Balaban J connectivity index is 0.00000112. The summed E-state index contributed by atoms with van der Waals surface area (Å²) < 4.78 is 0. The summed E-state index contributed by atoms with van der Waals surface area (Å²) in [6.07, 6.45) is 0. The van der Waals surface area contributed by atoms with Crippen LogP contribution in [0.2, 0.25) is 0 Å². The number of nitrogens with zero attached hydrogens (tertiary/aromatic N) is 2. The molecule has 0 aliphatic heterocycles. The first kappa shape index (κ1) is 11.7. The maximum absolute atomic E-state index is 4.10. The summed E-state index contributed by atoms with van der Waals surface area (Å²) in [7, 11) is 0. The van der Waals surface area contributed by atoms with Crippen LogP contribution in [0.25, 0.3) is 0 Å². The zero-order valence-corrected chi connectivity index (χ0v) is 7.67. The van der Waals surface area contributed by atoms with Crippen LogP contribution in [0, 0.1) is 0 Å². The van der Waals surface area contributed by atoms with E-state index in [9.17, 15) is 0 Å². The quantitative estimate of drug-likeness (QED) is 0.511. The van der Waals surface area contributed by atoms with Crippen LogP contribution in [0.3, 0.4) is 0 Å². The molecule has 0 amide bonds. The summed E-state index contributed by atoms with van der Waals surface area (Å²) in [5.74, 6) is 0. The Hall–Kier alpha value is -1.36. The van der Waals surface area contributed by atoms with Gasteiger partial charge < -0.3 is 0 Å². The van der Waals surface area contributed by atoms with Gasteiger partial charge in [-0.2, -0.15) is 10.2 Å². The van der Waals surface area contributed by atoms with Gasteiger partial charge in [-0.25, -0.2) is 0 Å². The van der Waals surface area contributed by atoms with E-state index >= 15 is 0 Å². The molecule has 0 spiro atoms. The van der Waals surface area contributed by atoms with E-state index in [1.165, 1.54) is 0 Å².